The maximum atomic E-state index is 12.8. The van der Waals surface area contributed by atoms with Gasteiger partial charge in [0.05, 0.1) is 13.7 Å². The van der Waals surface area contributed by atoms with Crippen molar-refractivity contribution in [1.29, 1.82) is 0 Å². The molecule has 1 fully saturated rings. The Morgan fingerprint density at radius 2 is 2.07 bits per heavy atom. The Hall–Kier alpha value is -3.62. The maximum absolute atomic E-state index is 12.8. The van der Waals surface area contributed by atoms with Crippen LogP contribution in [0.25, 0.3) is 11.4 Å². The van der Waals surface area contributed by atoms with Crippen molar-refractivity contribution in [2.75, 3.05) is 20.3 Å². The Bertz CT molecular complexity index is 1070. The van der Waals surface area contributed by atoms with Crippen molar-refractivity contribution in [1.82, 2.24) is 24.6 Å². The van der Waals surface area contributed by atoms with Crippen LogP contribution in [0.4, 0.5) is 0 Å². The highest BCUT2D eigenvalue weighted by Gasteiger charge is 2.30. The molecule has 1 N–H and O–H groups in total. The Morgan fingerprint density at radius 1 is 1.23 bits per heavy atom. The van der Waals surface area contributed by atoms with Crippen molar-refractivity contribution in [2.45, 2.75) is 25.4 Å². The van der Waals surface area contributed by atoms with Gasteiger partial charge in [-0.1, -0.05) is 6.07 Å². The first kappa shape index (κ1) is 19.7. The van der Waals surface area contributed by atoms with Crippen molar-refractivity contribution >= 4 is 5.91 Å². The van der Waals surface area contributed by atoms with Gasteiger partial charge in [0.1, 0.15) is 11.5 Å². The monoisotopic (exact) mass is 409 g/mol. The van der Waals surface area contributed by atoms with E-state index in [-0.39, 0.29) is 37.3 Å². The zero-order valence-corrected chi connectivity index (χ0v) is 16.7. The van der Waals surface area contributed by atoms with Crippen LogP contribution in [0.3, 0.4) is 0 Å². The quantitative estimate of drug-likeness (QED) is 0.577. The van der Waals surface area contributed by atoms with Gasteiger partial charge in [-0.3, -0.25) is 14.3 Å². The summed E-state index contributed by atoms with van der Waals surface area (Å²) in [5, 5.41) is 7.24. The summed E-state index contributed by atoms with van der Waals surface area (Å²) < 4.78 is 13.7. The Morgan fingerprint density at radius 3 is 2.80 bits per heavy atom. The minimum Gasteiger partial charge on any atom is -0.497 e. The molecule has 0 unspecified atom stereocenters. The van der Waals surface area contributed by atoms with Crippen LogP contribution in [0, 0.1) is 0 Å². The van der Waals surface area contributed by atoms with E-state index in [2.05, 4.69) is 15.4 Å². The van der Waals surface area contributed by atoms with Crippen LogP contribution in [0.2, 0.25) is 0 Å². The van der Waals surface area contributed by atoms with Crippen LogP contribution in [0.5, 0.6) is 11.5 Å². The summed E-state index contributed by atoms with van der Waals surface area (Å²) in [4.78, 5) is 29.0. The SMILES string of the molecule is COc1cccc(OCC(=O)NCCn2nc(-c3cccnc3)n(C3CC3)c2=O)c1. The normalized spacial score (nSPS) is 13.1. The molecule has 3 aromatic rings. The van der Waals surface area contributed by atoms with Crippen molar-refractivity contribution in [3.05, 3.63) is 59.3 Å². The van der Waals surface area contributed by atoms with Crippen molar-refractivity contribution in [3.63, 3.8) is 0 Å². The largest absolute Gasteiger partial charge is 0.497 e. The average molecular weight is 409 g/mol. The molecule has 2 aromatic heterocycles. The number of amides is 1. The third-order valence-electron chi connectivity index (χ3n) is 4.76. The number of rotatable bonds is 9. The number of carbonyl (C=O) groups is 1. The van der Waals surface area contributed by atoms with Gasteiger partial charge in [-0.2, -0.15) is 0 Å². The van der Waals surface area contributed by atoms with Crippen LogP contribution in [0.15, 0.2) is 53.6 Å². The highest BCUT2D eigenvalue weighted by Crippen LogP contribution is 2.36. The van der Waals surface area contributed by atoms with Crippen molar-refractivity contribution in [3.8, 4) is 22.9 Å². The van der Waals surface area contributed by atoms with Crippen LogP contribution in [-0.2, 0) is 11.3 Å². The van der Waals surface area contributed by atoms with Gasteiger partial charge in [-0.05, 0) is 37.1 Å². The van der Waals surface area contributed by atoms with Gasteiger partial charge in [-0.15, -0.1) is 5.10 Å². The van der Waals surface area contributed by atoms with E-state index in [9.17, 15) is 9.59 Å². The lowest BCUT2D eigenvalue weighted by atomic mass is 10.3. The molecule has 1 aliphatic carbocycles. The molecule has 9 nitrogen and oxygen atoms in total. The number of hydrogen-bond donors (Lipinski definition) is 1. The second-order valence-corrected chi connectivity index (χ2v) is 6.99. The van der Waals surface area contributed by atoms with Gasteiger partial charge in [0.25, 0.3) is 5.91 Å². The summed E-state index contributed by atoms with van der Waals surface area (Å²) in [6.07, 6.45) is 5.32. The summed E-state index contributed by atoms with van der Waals surface area (Å²) in [6.45, 7) is 0.421. The maximum Gasteiger partial charge on any atom is 0.346 e. The molecule has 156 valence electrons. The molecule has 0 saturated heterocycles. The molecule has 0 aliphatic heterocycles. The minimum absolute atomic E-state index is 0.125. The van der Waals surface area contributed by atoms with Gasteiger partial charge in [0.2, 0.25) is 0 Å². The summed E-state index contributed by atoms with van der Waals surface area (Å²) in [7, 11) is 1.57. The fourth-order valence-corrected chi connectivity index (χ4v) is 3.11. The number of hydrogen-bond acceptors (Lipinski definition) is 6. The zero-order chi connectivity index (χ0) is 20.9. The van der Waals surface area contributed by atoms with E-state index < -0.39 is 0 Å². The van der Waals surface area contributed by atoms with Crippen LogP contribution >= 0.6 is 0 Å². The van der Waals surface area contributed by atoms with Crippen molar-refractivity contribution in [2.24, 2.45) is 0 Å². The molecule has 0 bridgehead atoms. The van der Waals surface area contributed by atoms with E-state index in [1.54, 1.807) is 48.3 Å². The number of carbonyl (C=O) groups excluding carboxylic acids is 1. The van der Waals surface area contributed by atoms with E-state index in [1.807, 2.05) is 12.1 Å². The topological polar surface area (TPSA) is 100 Å². The van der Waals surface area contributed by atoms with Gasteiger partial charge in [-0.25, -0.2) is 9.48 Å². The molecule has 9 heteroatoms. The molecule has 0 radical (unpaired) electrons. The third kappa shape index (κ3) is 4.51. The first-order valence-electron chi connectivity index (χ1n) is 9.79. The van der Waals surface area contributed by atoms with Crippen molar-refractivity contribution < 1.29 is 14.3 Å². The van der Waals surface area contributed by atoms with E-state index >= 15 is 0 Å². The summed E-state index contributed by atoms with van der Waals surface area (Å²) in [6, 6.07) is 10.9. The first-order valence-corrected chi connectivity index (χ1v) is 9.79. The molecule has 0 spiro atoms. The first-order chi connectivity index (χ1) is 14.7. The Labute approximate surface area is 173 Å². The number of benzene rings is 1. The second kappa shape index (κ2) is 8.81. The number of pyridine rings is 1. The lowest BCUT2D eigenvalue weighted by Crippen LogP contribution is -2.34. The number of nitrogens with zero attached hydrogens (tertiary/aromatic N) is 4. The van der Waals surface area contributed by atoms with E-state index in [0.717, 1.165) is 18.4 Å². The molecule has 30 heavy (non-hydrogen) atoms. The third-order valence-corrected chi connectivity index (χ3v) is 4.76. The standard InChI is InChI=1S/C21H23N5O4/c1-29-17-5-2-6-18(12-17)30-14-19(27)23-10-11-25-21(28)26(16-7-8-16)20(24-25)15-4-3-9-22-13-15/h2-6,9,12-13,16H,7-8,10-11,14H2,1H3,(H,23,27). The van der Waals surface area contributed by atoms with E-state index in [4.69, 9.17) is 9.47 Å². The summed E-state index contributed by atoms with van der Waals surface area (Å²) in [5.74, 6) is 1.54. The molecular formula is C21H23N5O4. The fourth-order valence-electron chi connectivity index (χ4n) is 3.11. The van der Waals surface area contributed by atoms with Gasteiger partial charge in [0.15, 0.2) is 12.4 Å². The number of ether oxygens (including phenoxy) is 2. The molecular weight excluding hydrogens is 386 g/mol. The lowest BCUT2D eigenvalue weighted by molar-refractivity contribution is -0.123. The number of aromatic nitrogens is 4. The zero-order valence-electron chi connectivity index (χ0n) is 16.7. The van der Waals surface area contributed by atoms with Gasteiger partial charge in [0, 0.05) is 36.6 Å². The van der Waals surface area contributed by atoms with Crippen LogP contribution in [0.1, 0.15) is 18.9 Å². The van der Waals surface area contributed by atoms with Crippen LogP contribution < -0.4 is 20.5 Å². The lowest BCUT2D eigenvalue weighted by Gasteiger charge is -2.08. The minimum atomic E-state index is -0.278. The highest BCUT2D eigenvalue weighted by molar-refractivity contribution is 5.77. The molecule has 1 amide bonds. The molecule has 1 aromatic carbocycles. The van der Waals surface area contributed by atoms with E-state index in [0.29, 0.717) is 17.3 Å². The summed E-state index contributed by atoms with van der Waals surface area (Å²) >= 11 is 0. The molecule has 1 aliphatic rings. The predicted octanol–water partition coefficient (Wildman–Crippen LogP) is 1.65. The Balaban J connectivity index is 1.35. The Kier molecular flexibility index (Phi) is 5.78. The van der Waals surface area contributed by atoms with Gasteiger partial charge >= 0.3 is 5.69 Å². The smallest absolute Gasteiger partial charge is 0.346 e. The number of methoxy groups -OCH3 is 1. The molecule has 1 saturated carbocycles. The second-order valence-electron chi connectivity index (χ2n) is 6.99. The number of nitrogens with one attached hydrogen (secondary N) is 1. The molecule has 2 heterocycles. The average Bonchev–Trinajstić information content (AvgIpc) is 3.57. The predicted molar refractivity (Wildman–Crippen MR) is 109 cm³/mol. The van der Waals surface area contributed by atoms with Gasteiger partial charge < -0.3 is 14.8 Å². The van der Waals surface area contributed by atoms with E-state index in [1.165, 1.54) is 4.68 Å². The highest BCUT2D eigenvalue weighted by atomic mass is 16.5. The molecule has 4 rings (SSSR count). The summed E-state index contributed by atoms with van der Waals surface area (Å²) in [5.41, 5.74) is 0.634. The molecule has 0 atom stereocenters. The fraction of sp³-hybridized carbons (Fsp3) is 0.333. The van der Waals surface area contributed by atoms with Crippen LogP contribution in [-0.4, -0.2) is 45.5 Å².